The molecule has 0 spiro atoms. The molecule has 0 amide bonds. The van der Waals surface area contributed by atoms with Crippen molar-refractivity contribution in [2.45, 2.75) is 39.8 Å². The molecule has 1 aromatic carbocycles. The summed E-state index contributed by atoms with van der Waals surface area (Å²) in [5.74, 6) is 1.52. The topological polar surface area (TPSA) is 73.3 Å². The van der Waals surface area contributed by atoms with Crippen LogP contribution in [-0.2, 0) is 16.0 Å². The third-order valence-electron chi connectivity index (χ3n) is 4.42. The van der Waals surface area contributed by atoms with Gasteiger partial charge in [-0.3, -0.25) is 0 Å². The van der Waals surface area contributed by atoms with Crippen LogP contribution in [0, 0.1) is 5.92 Å². The minimum Gasteiger partial charge on any atom is -0.490 e. The molecule has 2 N–H and O–H groups in total. The van der Waals surface area contributed by atoms with Crippen LogP contribution < -0.4 is 20.1 Å². The largest absolute Gasteiger partial charge is 0.490 e. The Labute approximate surface area is 177 Å². The van der Waals surface area contributed by atoms with Crippen LogP contribution >= 0.6 is 0 Å². The van der Waals surface area contributed by atoms with E-state index in [1.807, 2.05) is 6.92 Å². The van der Waals surface area contributed by atoms with E-state index in [0.717, 1.165) is 51.3 Å². The van der Waals surface area contributed by atoms with Gasteiger partial charge in [0.15, 0.2) is 17.5 Å². The fraction of sp³-hybridized carbons (Fsp3) is 0.667. The highest BCUT2D eigenvalue weighted by atomic mass is 19.3. The summed E-state index contributed by atoms with van der Waals surface area (Å²) in [6, 6.07) is 4.86. The molecule has 0 radical (unpaired) electrons. The molecular formula is C21H33F2N3O4. The Morgan fingerprint density at radius 3 is 2.83 bits per heavy atom. The van der Waals surface area contributed by atoms with E-state index in [2.05, 4.69) is 20.4 Å². The second-order valence-corrected chi connectivity index (χ2v) is 6.87. The quantitative estimate of drug-likeness (QED) is 0.285. The van der Waals surface area contributed by atoms with Gasteiger partial charge in [0.1, 0.15) is 0 Å². The minimum atomic E-state index is -2.90. The Morgan fingerprint density at radius 1 is 1.27 bits per heavy atom. The van der Waals surface area contributed by atoms with Crippen molar-refractivity contribution in [2.24, 2.45) is 10.9 Å². The zero-order chi connectivity index (χ0) is 21.6. The third kappa shape index (κ3) is 9.13. The number of benzene rings is 1. The van der Waals surface area contributed by atoms with Crippen LogP contribution in [0.3, 0.4) is 0 Å². The highest BCUT2D eigenvalue weighted by Gasteiger charge is 2.15. The summed E-state index contributed by atoms with van der Waals surface area (Å²) >= 11 is 0. The molecule has 1 aliphatic heterocycles. The summed E-state index contributed by atoms with van der Waals surface area (Å²) in [4.78, 5) is 4.55. The first kappa shape index (κ1) is 24.1. The molecule has 0 aliphatic carbocycles. The molecule has 9 heteroatoms. The summed E-state index contributed by atoms with van der Waals surface area (Å²) in [7, 11) is 0. The molecule has 1 heterocycles. The summed E-state index contributed by atoms with van der Waals surface area (Å²) in [6.45, 7) is 6.16. The van der Waals surface area contributed by atoms with Crippen molar-refractivity contribution in [3.63, 3.8) is 0 Å². The van der Waals surface area contributed by atoms with Crippen molar-refractivity contribution in [3.05, 3.63) is 23.8 Å². The summed E-state index contributed by atoms with van der Waals surface area (Å²) in [5.41, 5.74) is 0.833. The van der Waals surface area contributed by atoms with Gasteiger partial charge in [-0.25, -0.2) is 4.99 Å². The Bertz CT molecular complexity index is 641. The van der Waals surface area contributed by atoms with Gasteiger partial charge in [0.05, 0.1) is 26.4 Å². The predicted octanol–water partition coefficient (Wildman–Crippen LogP) is 3.19. The number of halogens is 2. The molecule has 7 nitrogen and oxygen atoms in total. The maximum atomic E-state index is 12.5. The lowest BCUT2D eigenvalue weighted by molar-refractivity contribution is -0.0514. The van der Waals surface area contributed by atoms with E-state index < -0.39 is 6.61 Å². The second-order valence-electron chi connectivity index (χ2n) is 6.87. The lowest BCUT2D eigenvalue weighted by Crippen LogP contribution is -2.38. The Kier molecular flexibility index (Phi) is 11.2. The van der Waals surface area contributed by atoms with Gasteiger partial charge < -0.3 is 29.6 Å². The number of nitrogens with zero attached hydrogens (tertiary/aromatic N) is 1. The molecule has 1 unspecified atom stereocenters. The van der Waals surface area contributed by atoms with E-state index in [-0.39, 0.29) is 11.5 Å². The SMILES string of the molecule is CCNC(=NCc1ccc(OC(F)F)c(OCC)c1)NCCCOCC1CCOC1. The van der Waals surface area contributed by atoms with Gasteiger partial charge >= 0.3 is 6.61 Å². The van der Waals surface area contributed by atoms with Crippen molar-refractivity contribution in [1.82, 2.24) is 10.6 Å². The molecule has 1 atom stereocenters. The van der Waals surface area contributed by atoms with E-state index in [9.17, 15) is 8.78 Å². The minimum absolute atomic E-state index is 0.0220. The number of guanidine groups is 1. The van der Waals surface area contributed by atoms with Crippen LogP contribution in [0.25, 0.3) is 0 Å². The van der Waals surface area contributed by atoms with E-state index in [1.165, 1.54) is 6.07 Å². The first-order chi connectivity index (χ1) is 14.6. The first-order valence-electron chi connectivity index (χ1n) is 10.5. The van der Waals surface area contributed by atoms with Crippen LogP contribution in [0.5, 0.6) is 11.5 Å². The van der Waals surface area contributed by atoms with Gasteiger partial charge in [0.25, 0.3) is 0 Å². The molecule has 2 rings (SSSR count). The maximum Gasteiger partial charge on any atom is 0.387 e. The molecule has 170 valence electrons. The van der Waals surface area contributed by atoms with Crippen LogP contribution in [0.1, 0.15) is 32.3 Å². The van der Waals surface area contributed by atoms with Crippen LogP contribution in [0.15, 0.2) is 23.2 Å². The number of hydrogen-bond donors (Lipinski definition) is 2. The third-order valence-corrected chi connectivity index (χ3v) is 4.42. The van der Waals surface area contributed by atoms with Gasteiger partial charge in [-0.2, -0.15) is 8.78 Å². The number of aliphatic imine (C=N–C) groups is 1. The summed E-state index contributed by atoms with van der Waals surface area (Å²) < 4.78 is 46.0. The second kappa shape index (κ2) is 14.0. The Hall–Kier alpha value is -2.13. The predicted molar refractivity (Wildman–Crippen MR) is 111 cm³/mol. The lowest BCUT2D eigenvalue weighted by atomic mass is 10.1. The first-order valence-corrected chi connectivity index (χ1v) is 10.5. The molecular weight excluding hydrogens is 396 g/mol. The standard InChI is InChI=1S/C21H33F2N3O4/c1-3-24-21(25-9-5-10-27-14-17-8-11-28-15-17)26-13-16-6-7-18(30-20(22)23)19(12-16)29-4-2/h6-7,12,17,20H,3-5,8-11,13-15H2,1-2H3,(H2,24,25,26). The Balaban J connectivity index is 1.80. The zero-order valence-electron chi connectivity index (χ0n) is 17.8. The number of alkyl halides is 2. The van der Waals surface area contributed by atoms with E-state index in [1.54, 1.807) is 19.1 Å². The molecule has 1 fully saturated rings. The molecule has 0 aromatic heterocycles. The molecule has 30 heavy (non-hydrogen) atoms. The average Bonchev–Trinajstić information content (AvgIpc) is 3.23. The van der Waals surface area contributed by atoms with Crippen LogP contribution in [0.4, 0.5) is 8.78 Å². The molecule has 1 saturated heterocycles. The van der Waals surface area contributed by atoms with Crippen molar-refractivity contribution in [1.29, 1.82) is 0 Å². The fourth-order valence-electron chi connectivity index (χ4n) is 2.97. The zero-order valence-corrected chi connectivity index (χ0v) is 17.8. The highest BCUT2D eigenvalue weighted by Crippen LogP contribution is 2.30. The van der Waals surface area contributed by atoms with E-state index >= 15 is 0 Å². The summed E-state index contributed by atoms with van der Waals surface area (Å²) in [5, 5.41) is 6.47. The van der Waals surface area contributed by atoms with Crippen molar-refractivity contribution >= 4 is 5.96 Å². The van der Waals surface area contributed by atoms with Gasteiger partial charge in [-0.1, -0.05) is 6.07 Å². The van der Waals surface area contributed by atoms with E-state index in [4.69, 9.17) is 14.2 Å². The number of hydrogen-bond acceptors (Lipinski definition) is 5. The van der Waals surface area contributed by atoms with Crippen LogP contribution in [0.2, 0.25) is 0 Å². The van der Waals surface area contributed by atoms with Crippen LogP contribution in [-0.4, -0.2) is 58.7 Å². The molecule has 0 saturated carbocycles. The van der Waals surface area contributed by atoms with Gasteiger partial charge in [0, 0.05) is 32.2 Å². The summed E-state index contributed by atoms with van der Waals surface area (Å²) in [6.07, 6.45) is 1.95. The van der Waals surface area contributed by atoms with Crippen molar-refractivity contribution in [3.8, 4) is 11.5 Å². The molecule has 1 aromatic rings. The lowest BCUT2D eigenvalue weighted by Gasteiger charge is -2.14. The smallest absolute Gasteiger partial charge is 0.387 e. The van der Waals surface area contributed by atoms with Crippen molar-refractivity contribution < 1.29 is 27.7 Å². The maximum absolute atomic E-state index is 12.5. The van der Waals surface area contributed by atoms with E-state index in [0.29, 0.717) is 31.6 Å². The number of nitrogens with one attached hydrogen (secondary N) is 2. The fourth-order valence-corrected chi connectivity index (χ4v) is 2.97. The molecule has 1 aliphatic rings. The van der Waals surface area contributed by atoms with Gasteiger partial charge in [-0.05, 0) is 44.4 Å². The molecule has 0 bridgehead atoms. The van der Waals surface area contributed by atoms with Gasteiger partial charge in [0.2, 0.25) is 0 Å². The highest BCUT2D eigenvalue weighted by molar-refractivity contribution is 5.79. The normalized spacial score (nSPS) is 16.7. The number of ether oxygens (including phenoxy) is 4. The number of rotatable bonds is 13. The van der Waals surface area contributed by atoms with Gasteiger partial charge in [-0.15, -0.1) is 0 Å². The Morgan fingerprint density at radius 2 is 2.13 bits per heavy atom. The monoisotopic (exact) mass is 429 g/mol. The van der Waals surface area contributed by atoms with Crippen molar-refractivity contribution in [2.75, 3.05) is 46.1 Å². The average molecular weight is 430 g/mol.